The fraction of sp³-hybridized carbons (Fsp3) is 0.562. The molecule has 0 atom stereocenters. The third kappa shape index (κ3) is 3.35. The fourth-order valence-electron chi connectivity index (χ4n) is 2.84. The zero-order valence-electron chi connectivity index (χ0n) is 12.4. The van der Waals surface area contributed by atoms with Gasteiger partial charge in [0, 0.05) is 45.7 Å². The molecular weight excluding hydrogens is 269 g/mol. The Balaban J connectivity index is 1.72. The maximum absolute atomic E-state index is 14.3. The summed E-state index contributed by atoms with van der Waals surface area (Å²) in [7, 11) is 0. The van der Waals surface area contributed by atoms with Crippen LogP contribution in [0.25, 0.3) is 0 Å². The number of carbonyl (C=O) groups is 1. The molecule has 0 unspecified atom stereocenters. The van der Waals surface area contributed by atoms with Gasteiger partial charge in [0.15, 0.2) is 0 Å². The molecule has 1 aromatic rings. The topological polar surface area (TPSA) is 35.6 Å². The molecule has 4 nitrogen and oxygen atoms in total. The van der Waals surface area contributed by atoms with Crippen LogP contribution in [-0.2, 0) is 11.3 Å². The lowest BCUT2D eigenvalue weighted by Gasteiger charge is -2.36. The Kier molecular flexibility index (Phi) is 4.10. The molecule has 1 saturated carbocycles. The normalized spacial score (nSPS) is 19.0. The number of nitrogens with zero attached hydrogens (tertiary/aromatic N) is 2. The Morgan fingerprint density at radius 1 is 1.29 bits per heavy atom. The number of benzene rings is 1. The van der Waals surface area contributed by atoms with Crippen LogP contribution in [0.1, 0.15) is 25.3 Å². The van der Waals surface area contributed by atoms with Crippen LogP contribution in [0.2, 0.25) is 0 Å². The molecule has 0 bridgehead atoms. The average Bonchev–Trinajstić information content (AvgIpc) is 3.29. The second kappa shape index (κ2) is 6.02. The molecular formula is C16H22FN3O. The van der Waals surface area contributed by atoms with Crippen molar-refractivity contribution in [3.8, 4) is 0 Å². The van der Waals surface area contributed by atoms with Crippen molar-refractivity contribution in [1.29, 1.82) is 0 Å². The lowest BCUT2D eigenvalue weighted by Crippen LogP contribution is -2.48. The van der Waals surface area contributed by atoms with Crippen molar-refractivity contribution in [2.75, 3.05) is 31.1 Å². The van der Waals surface area contributed by atoms with E-state index in [0.29, 0.717) is 44.5 Å². The van der Waals surface area contributed by atoms with E-state index in [4.69, 9.17) is 0 Å². The molecule has 2 fully saturated rings. The molecule has 3 rings (SSSR count). The van der Waals surface area contributed by atoms with E-state index in [1.165, 1.54) is 18.9 Å². The number of hydrogen-bond donors (Lipinski definition) is 1. The molecule has 1 aliphatic heterocycles. The van der Waals surface area contributed by atoms with Gasteiger partial charge in [-0.05, 0) is 24.5 Å². The van der Waals surface area contributed by atoms with Gasteiger partial charge < -0.3 is 15.1 Å². The van der Waals surface area contributed by atoms with Gasteiger partial charge in [0.1, 0.15) is 5.82 Å². The van der Waals surface area contributed by atoms with E-state index in [2.05, 4.69) is 10.2 Å². The molecule has 1 saturated heterocycles. The van der Waals surface area contributed by atoms with E-state index in [1.54, 1.807) is 13.0 Å². The SMILES string of the molecule is CC(=O)N1CCN(c2c(F)cccc2CNC2CC2)CC1. The third-order valence-corrected chi connectivity index (χ3v) is 4.27. The Morgan fingerprint density at radius 3 is 2.62 bits per heavy atom. The summed E-state index contributed by atoms with van der Waals surface area (Å²) in [5.74, 6) is -0.0693. The lowest BCUT2D eigenvalue weighted by atomic mass is 10.1. The van der Waals surface area contributed by atoms with Crippen LogP contribution in [0.15, 0.2) is 18.2 Å². The minimum atomic E-state index is -0.165. The highest BCUT2D eigenvalue weighted by atomic mass is 19.1. The first kappa shape index (κ1) is 14.3. The van der Waals surface area contributed by atoms with Crippen molar-refractivity contribution >= 4 is 11.6 Å². The molecule has 1 N–H and O–H groups in total. The van der Waals surface area contributed by atoms with Gasteiger partial charge in [-0.1, -0.05) is 12.1 Å². The Hall–Kier alpha value is -1.62. The van der Waals surface area contributed by atoms with Crippen LogP contribution in [0.4, 0.5) is 10.1 Å². The monoisotopic (exact) mass is 291 g/mol. The Bertz CT molecular complexity index is 522. The van der Waals surface area contributed by atoms with Crippen molar-refractivity contribution in [2.45, 2.75) is 32.4 Å². The largest absolute Gasteiger partial charge is 0.365 e. The van der Waals surface area contributed by atoms with Crippen LogP contribution >= 0.6 is 0 Å². The van der Waals surface area contributed by atoms with E-state index >= 15 is 0 Å². The van der Waals surface area contributed by atoms with E-state index in [0.717, 1.165) is 5.56 Å². The second-order valence-corrected chi connectivity index (χ2v) is 5.90. The molecule has 1 heterocycles. The lowest BCUT2D eigenvalue weighted by molar-refractivity contribution is -0.129. The average molecular weight is 291 g/mol. The number of nitrogens with one attached hydrogen (secondary N) is 1. The number of piperazine rings is 1. The molecule has 2 aliphatic rings. The smallest absolute Gasteiger partial charge is 0.219 e. The van der Waals surface area contributed by atoms with Gasteiger partial charge in [-0.15, -0.1) is 0 Å². The maximum atomic E-state index is 14.3. The van der Waals surface area contributed by atoms with Crippen LogP contribution in [0, 0.1) is 5.82 Å². The van der Waals surface area contributed by atoms with Crippen molar-refractivity contribution in [3.63, 3.8) is 0 Å². The minimum Gasteiger partial charge on any atom is -0.365 e. The predicted octanol–water partition coefficient (Wildman–Crippen LogP) is 1.75. The summed E-state index contributed by atoms with van der Waals surface area (Å²) in [4.78, 5) is 15.3. The molecule has 1 amide bonds. The highest BCUT2D eigenvalue weighted by Crippen LogP contribution is 2.27. The first-order chi connectivity index (χ1) is 10.1. The standard InChI is InChI=1S/C16H22FN3O/c1-12(21)19-7-9-20(10-8-19)16-13(3-2-4-15(16)17)11-18-14-5-6-14/h2-4,14,18H,5-11H2,1H3. The van der Waals surface area contributed by atoms with E-state index in [1.807, 2.05) is 11.0 Å². The van der Waals surface area contributed by atoms with Gasteiger partial charge in [-0.2, -0.15) is 0 Å². The van der Waals surface area contributed by atoms with Gasteiger partial charge in [0.05, 0.1) is 5.69 Å². The third-order valence-electron chi connectivity index (χ3n) is 4.27. The summed E-state index contributed by atoms with van der Waals surface area (Å²) in [5.41, 5.74) is 1.71. The number of halogens is 1. The first-order valence-electron chi connectivity index (χ1n) is 7.66. The van der Waals surface area contributed by atoms with E-state index in [9.17, 15) is 9.18 Å². The molecule has 0 radical (unpaired) electrons. The Labute approximate surface area is 124 Å². The van der Waals surface area contributed by atoms with E-state index < -0.39 is 0 Å². The summed E-state index contributed by atoms with van der Waals surface area (Å²) in [6, 6.07) is 5.89. The highest BCUT2D eigenvalue weighted by Gasteiger charge is 2.24. The zero-order valence-corrected chi connectivity index (χ0v) is 12.4. The van der Waals surface area contributed by atoms with Gasteiger partial charge >= 0.3 is 0 Å². The van der Waals surface area contributed by atoms with Crippen LogP contribution < -0.4 is 10.2 Å². The summed E-state index contributed by atoms with van der Waals surface area (Å²) >= 11 is 0. The molecule has 0 aromatic heterocycles. The molecule has 5 heteroatoms. The summed E-state index contributed by atoms with van der Waals surface area (Å²) in [6.07, 6.45) is 2.45. The highest BCUT2D eigenvalue weighted by molar-refractivity contribution is 5.73. The molecule has 21 heavy (non-hydrogen) atoms. The quantitative estimate of drug-likeness (QED) is 0.918. The minimum absolute atomic E-state index is 0.0961. The number of amides is 1. The van der Waals surface area contributed by atoms with Gasteiger partial charge in [-0.25, -0.2) is 4.39 Å². The Morgan fingerprint density at radius 2 is 2.00 bits per heavy atom. The number of para-hydroxylation sites is 1. The fourth-order valence-corrected chi connectivity index (χ4v) is 2.84. The molecule has 0 spiro atoms. The second-order valence-electron chi connectivity index (χ2n) is 5.90. The van der Waals surface area contributed by atoms with Crippen molar-refractivity contribution in [1.82, 2.24) is 10.2 Å². The summed E-state index contributed by atoms with van der Waals surface area (Å²) in [5, 5.41) is 3.45. The van der Waals surface area contributed by atoms with Crippen LogP contribution in [0.3, 0.4) is 0 Å². The molecule has 1 aromatic carbocycles. The van der Waals surface area contributed by atoms with Crippen LogP contribution in [-0.4, -0.2) is 43.0 Å². The van der Waals surface area contributed by atoms with Gasteiger partial charge in [0.2, 0.25) is 5.91 Å². The summed E-state index contributed by atoms with van der Waals surface area (Å²) < 4.78 is 14.3. The van der Waals surface area contributed by atoms with E-state index in [-0.39, 0.29) is 11.7 Å². The number of anilines is 1. The van der Waals surface area contributed by atoms with Crippen molar-refractivity contribution in [2.24, 2.45) is 0 Å². The molecule has 114 valence electrons. The van der Waals surface area contributed by atoms with Crippen LogP contribution in [0.5, 0.6) is 0 Å². The van der Waals surface area contributed by atoms with Crippen molar-refractivity contribution in [3.05, 3.63) is 29.6 Å². The predicted molar refractivity (Wildman–Crippen MR) is 80.7 cm³/mol. The maximum Gasteiger partial charge on any atom is 0.219 e. The first-order valence-corrected chi connectivity index (χ1v) is 7.66. The molecule has 1 aliphatic carbocycles. The number of carbonyl (C=O) groups excluding carboxylic acids is 1. The number of hydrogen-bond acceptors (Lipinski definition) is 3. The number of rotatable bonds is 4. The van der Waals surface area contributed by atoms with Gasteiger partial charge in [-0.3, -0.25) is 4.79 Å². The van der Waals surface area contributed by atoms with Crippen molar-refractivity contribution < 1.29 is 9.18 Å². The zero-order chi connectivity index (χ0) is 14.8. The van der Waals surface area contributed by atoms with Gasteiger partial charge in [0.25, 0.3) is 0 Å². The summed E-state index contributed by atoms with van der Waals surface area (Å²) in [6.45, 7) is 5.01.